The van der Waals surface area contributed by atoms with Gasteiger partial charge in [-0.3, -0.25) is 0 Å². The standard InChI is InChI=1S/C27H46O3/c1-3-4-5-6-7-8-9-10-11-12-13-14-15-16-17-18-23-27(2,26(29)30)24-19-21-25(28)22-20-24/h19-22,28H,3-18,23H2,1-2H3,(H,29,30)/p-1. The van der Waals surface area contributed by atoms with Crippen LogP contribution in [0.4, 0.5) is 0 Å². The van der Waals surface area contributed by atoms with E-state index in [-0.39, 0.29) is 5.75 Å². The molecule has 0 aliphatic heterocycles. The largest absolute Gasteiger partial charge is 0.549 e. The van der Waals surface area contributed by atoms with Gasteiger partial charge >= 0.3 is 0 Å². The molecule has 0 saturated heterocycles. The molecule has 3 heteroatoms. The van der Waals surface area contributed by atoms with Crippen LogP contribution in [0, 0.1) is 0 Å². The van der Waals surface area contributed by atoms with Gasteiger partial charge in [-0.15, -0.1) is 0 Å². The molecular formula is C27H45O3-. The Kier molecular flexibility index (Phi) is 14.3. The van der Waals surface area contributed by atoms with Crippen LogP contribution >= 0.6 is 0 Å². The lowest BCUT2D eigenvalue weighted by atomic mass is 9.78. The molecule has 0 aliphatic rings. The zero-order valence-electron chi connectivity index (χ0n) is 19.6. The molecular weight excluding hydrogens is 372 g/mol. The summed E-state index contributed by atoms with van der Waals surface area (Å²) in [7, 11) is 0. The SMILES string of the molecule is CCCCCCCCCCCCCCCCCCC(C)(C(=O)[O-])c1ccc(O)cc1. The summed E-state index contributed by atoms with van der Waals surface area (Å²) < 4.78 is 0. The van der Waals surface area contributed by atoms with Crippen LogP contribution in [-0.4, -0.2) is 11.1 Å². The molecule has 0 bridgehead atoms. The summed E-state index contributed by atoms with van der Waals surface area (Å²) in [5.41, 5.74) is -0.273. The van der Waals surface area contributed by atoms with Gasteiger partial charge < -0.3 is 15.0 Å². The number of benzene rings is 1. The quantitative estimate of drug-likeness (QED) is 0.245. The molecule has 1 atom stereocenters. The zero-order valence-corrected chi connectivity index (χ0v) is 19.6. The normalized spacial score (nSPS) is 13.3. The first-order valence-corrected chi connectivity index (χ1v) is 12.5. The molecule has 3 nitrogen and oxygen atoms in total. The summed E-state index contributed by atoms with van der Waals surface area (Å²) >= 11 is 0. The molecule has 0 aromatic heterocycles. The Balaban J connectivity index is 2.01. The number of carbonyl (C=O) groups excluding carboxylic acids is 1. The Hall–Kier alpha value is -1.51. The van der Waals surface area contributed by atoms with E-state index in [0.29, 0.717) is 12.0 Å². The Morgan fingerprint density at radius 1 is 0.733 bits per heavy atom. The van der Waals surface area contributed by atoms with Crippen LogP contribution in [0.25, 0.3) is 0 Å². The third-order valence-electron chi connectivity index (χ3n) is 6.49. The predicted molar refractivity (Wildman–Crippen MR) is 125 cm³/mol. The zero-order chi connectivity index (χ0) is 22.1. The number of hydrogen-bond donors (Lipinski definition) is 1. The van der Waals surface area contributed by atoms with Crippen LogP contribution in [0.2, 0.25) is 0 Å². The molecule has 1 aromatic rings. The van der Waals surface area contributed by atoms with Gasteiger partial charge in [0, 0.05) is 5.41 Å². The van der Waals surface area contributed by atoms with E-state index < -0.39 is 11.4 Å². The minimum absolute atomic E-state index is 0.154. The minimum atomic E-state index is -1.03. The second kappa shape index (κ2) is 16.2. The van der Waals surface area contributed by atoms with Gasteiger partial charge in [0.05, 0.1) is 5.97 Å². The lowest BCUT2D eigenvalue weighted by molar-refractivity contribution is -0.313. The number of rotatable bonds is 19. The molecule has 30 heavy (non-hydrogen) atoms. The van der Waals surface area contributed by atoms with E-state index in [2.05, 4.69) is 6.92 Å². The molecule has 1 aromatic carbocycles. The highest BCUT2D eigenvalue weighted by Crippen LogP contribution is 2.31. The number of carbonyl (C=O) groups is 1. The van der Waals surface area contributed by atoms with Crippen LogP contribution in [-0.2, 0) is 10.2 Å². The van der Waals surface area contributed by atoms with E-state index >= 15 is 0 Å². The van der Waals surface area contributed by atoms with Gasteiger partial charge in [0.25, 0.3) is 0 Å². The molecule has 0 fully saturated rings. The molecule has 1 rings (SSSR count). The van der Waals surface area contributed by atoms with Crippen LogP contribution < -0.4 is 5.11 Å². The first-order valence-electron chi connectivity index (χ1n) is 12.5. The molecule has 0 saturated carbocycles. The Morgan fingerprint density at radius 2 is 1.10 bits per heavy atom. The van der Waals surface area contributed by atoms with Gasteiger partial charge in [-0.2, -0.15) is 0 Å². The summed E-state index contributed by atoms with van der Waals surface area (Å²) in [5, 5.41) is 21.1. The maximum Gasteiger partial charge on any atom is 0.115 e. The topological polar surface area (TPSA) is 60.4 Å². The van der Waals surface area contributed by atoms with E-state index in [0.717, 1.165) is 12.8 Å². The summed E-state index contributed by atoms with van der Waals surface area (Å²) in [6.07, 6.45) is 21.5. The van der Waals surface area contributed by atoms with E-state index in [1.807, 2.05) is 0 Å². The Morgan fingerprint density at radius 3 is 1.47 bits per heavy atom. The summed E-state index contributed by atoms with van der Waals surface area (Å²) in [4.78, 5) is 11.7. The predicted octanol–water partition coefficient (Wildman–Crippen LogP) is 7.05. The summed E-state index contributed by atoms with van der Waals surface area (Å²) in [6, 6.07) is 6.48. The molecule has 172 valence electrons. The average Bonchev–Trinajstić information content (AvgIpc) is 2.73. The van der Waals surface area contributed by atoms with E-state index in [1.165, 1.54) is 89.9 Å². The highest BCUT2D eigenvalue weighted by atomic mass is 16.4. The fourth-order valence-corrected chi connectivity index (χ4v) is 4.22. The number of phenols is 1. The van der Waals surface area contributed by atoms with Gasteiger partial charge in [-0.25, -0.2) is 0 Å². The van der Waals surface area contributed by atoms with Crippen molar-refractivity contribution in [3.05, 3.63) is 29.8 Å². The number of unbranched alkanes of at least 4 members (excludes halogenated alkanes) is 15. The molecule has 0 spiro atoms. The summed E-state index contributed by atoms with van der Waals surface area (Å²) in [6.45, 7) is 4.01. The monoisotopic (exact) mass is 417 g/mol. The highest BCUT2D eigenvalue weighted by molar-refractivity contribution is 5.78. The van der Waals surface area contributed by atoms with Crippen LogP contribution in [0.1, 0.15) is 129 Å². The van der Waals surface area contributed by atoms with E-state index in [4.69, 9.17) is 0 Å². The smallest absolute Gasteiger partial charge is 0.115 e. The maximum atomic E-state index is 11.7. The van der Waals surface area contributed by atoms with Crippen molar-refractivity contribution in [1.82, 2.24) is 0 Å². The molecule has 0 aliphatic carbocycles. The first-order chi connectivity index (χ1) is 14.5. The maximum absolute atomic E-state index is 11.7. The third-order valence-corrected chi connectivity index (χ3v) is 6.49. The van der Waals surface area contributed by atoms with Gasteiger partial charge in [-0.1, -0.05) is 129 Å². The second-order valence-corrected chi connectivity index (χ2v) is 9.22. The van der Waals surface area contributed by atoms with Gasteiger partial charge in [0.1, 0.15) is 5.75 Å². The lowest BCUT2D eigenvalue weighted by Gasteiger charge is -2.31. The van der Waals surface area contributed by atoms with Crippen molar-refractivity contribution in [2.75, 3.05) is 0 Å². The van der Waals surface area contributed by atoms with Crippen molar-refractivity contribution in [1.29, 1.82) is 0 Å². The molecule has 1 N–H and O–H groups in total. The van der Waals surface area contributed by atoms with Crippen molar-refractivity contribution < 1.29 is 15.0 Å². The van der Waals surface area contributed by atoms with Crippen molar-refractivity contribution in [2.24, 2.45) is 0 Å². The Bertz CT molecular complexity index is 552. The number of hydrogen-bond acceptors (Lipinski definition) is 3. The van der Waals surface area contributed by atoms with Crippen LogP contribution in [0.5, 0.6) is 5.75 Å². The fraction of sp³-hybridized carbons (Fsp3) is 0.741. The molecule has 1 unspecified atom stereocenters. The minimum Gasteiger partial charge on any atom is -0.549 e. The molecule has 0 radical (unpaired) electrons. The lowest BCUT2D eigenvalue weighted by Crippen LogP contribution is -2.43. The number of aliphatic carboxylic acids is 1. The van der Waals surface area contributed by atoms with E-state index in [1.54, 1.807) is 31.2 Å². The van der Waals surface area contributed by atoms with E-state index in [9.17, 15) is 15.0 Å². The number of carboxylic acids is 1. The number of phenolic OH excluding ortho intramolecular Hbond substituents is 1. The van der Waals surface area contributed by atoms with Gasteiger partial charge in [-0.05, 0) is 24.1 Å². The van der Waals surface area contributed by atoms with Gasteiger partial charge in [0.2, 0.25) is 0 Å². The van der Waals surface area contributed by atoms with Crippen molar-refractivity contribution in [2.45, 2.75) is 128 Å². The summed E-state index contributed by atoms with van der Waals surface area (Å²) in [5.74, 6) is -0.879. The van der Waals surface area contributed by atoms with Gasteiger partial charge in [0.15, 0.2) is 0 Å². The number of aromatic hydroxyl groups is 1. The molecule has 0 amide bonds. The number of carboxylic acid groups (broad SMARTS) is 1. The van der Waals surface area contributed by atoms with Crippen molar-refractivity contribution in [3.8, 4) is 5.75 Å². The fourth-order valence-electron chi connectivity index (χ4n) is 4.22. The highest BCUT2D eigenvalue weighted by Gasteiger charge is 2.27. The first kappa shape index (κ1) is 26.5. The second-order valence-electron chi connectivity index (χ2n) is 9.22. The van der Waals surface area contributed by atoms with Crippen molar-refractivity contribution >= 4 is 5.97 Å². The third kappa shape index (κ3) is 11.0. The van der Waals surface area contributed by atoms with Crippen LogP contribution in [0.3, 0.4) is 0 Å². The van der Waals surface area contributed by atoms with Crippen LogP contribution in [0.15, 0.2) is 24.3 Å². The van der Waals surface area contributed by atoms with Crippen molar-refractivity contribution in [3.63, 3.8) is 0 Å². The average molecular weight is 418 g/mol. The Labute approximate surface area is 185 Å². The molecule has 0 heterocycles.